The maximum atomic E-state index is 13.3. The van der Waals surface area contributed by atoms with Gasteiger partial charge in [0.25, 0.3) is 5.91 Å². The van der Waals surface area contributed by atoms with Crippen LogP contribution in [0, 0.1) is 5.82 Å². The highest BCUT2D eigenvalue weighted by Gasteiger charge is 2.21. The van der Waals surface area contributed by atoms with E-state index in [2.05, 4.69) is 10.3 Å². The average Bonchev–Trinajstić information content (AvgIpc) is 2.99. The highest BCUT2D eigenvalue weighted by atomic mass is 19.1. The lowest BCUT2D eigenvalue weighted by Gasteiger charge is -2.19. The van der Waals surface area contributed by atoms with Gasteiger partial charge < -0.3 is 9.88 Å². The number of benzene rings is 2. The van der Waals surface area contributed by atoms with Crippen LogP contribution < -0.4 is 5.32 Å². The molecule has 1 amide bonds. The normalized spacial score (nSPS) is 11.9. The maximum absolute atomic E-state index is 13.3. The fourth-order valence-electron chi connectivity index (χ4n) is 2.44. The number of carbonyl (C=O) groups excluding carboxylic acids is 1. The Bertz CT molecular complexity index is 814. The van der Waals surface area contributed by atoms with E-state index in [1.807, 2.05) is 48.1 Å². The van der Waals surface area contributed by atoms with Crippen molar-refractivity contribution >= 4 is 5.91 Å². The van der Waals surface area contributed by atoms with Gasteiger partial charge in [0.1, 0.15) is 17.7 Å². The molecule has 4 nitrogen and oxygen atoms in total. The number of amides is 1. The van der Waals surface area contributed by atoms with Gasteiger partial charge in [0, 0.05) is 25.0 Å². The van der Waals surface area contributed by atoms with E-state index in [9.17, 15) is 9.18 Å². The topological polar surface area (TPSA) is 46.9 Å². The fourth-order valence-corrected chi connectivity index (χ4v) is 2.44. The molecule has 3 aromatic rings. The number of halogens is 1. The number of imidazole rings is 1. The molecule has 1 atom stereocenters. The molecular weight excluding hydrogens is 293 g/mol. The number of hydrogen-bond acceptors (Lipinski definition) is 2. The molecule has 1 aromatic heterocycles. The zero-order valence-corrected chi connectivity index (χ0v) is 12.6. The number of rotatable bonds is 4. The van der Waals surface area contributed by atoms with Gasteiger partial charge in [-0.2, -0.15) is 0 Å². The van der Waals surface area contributed by atoms with Crippen LogP contribution in [0.25, 0.3) is 0 Å². The highest BCUT2D eigenvalue weighted by Crippen LogP contribution is 2.20. The van der Waals surface area contributed by atoms with Gasteiger partial charge in [-0.1, -0.05) is 36.4 Å². The van der Waals surface area contributed by atoms with E-state index in [-0.39, 0.29) is 11.5 Å². The summed E-state index contributed by atoms with van der Waals surface area (Å²) in [4.78, 5) is 16.8. The summed E-state index contributed by atoms with van der Waals surface area (Å²) in [5.74, 6) is -0.0757. The minimum Gasteiger partial charge on any atom is -0.338 e. The monoisotopic (exact) mass is 309 g/mol. The van der Waals surface area contributed by atoms with Gasteiger partial charge in [-0.15, -0.1) is 0 Å². The lowest BCUT2D eigenvalue weighted by Crippen LogP contribution is -2.31. The van der Waals surface area contributed by atoms with Crippen molar-refractivity contribution in [1.29, 1.82) is 0 Å². The Balaban J connectivity index is 1.94. The van der Waals surface area contributed by atoms with Crippen molar-refractivity contribution in [3.8, 4) is 0 Å². The summed E-state index contributed by atoms with van der Waals surface area (Å²) in [6.45, 7) is 0. The number of aryl methyl sites for hydroxylation is 1. The van der Waals surface area contributed by atoms with Crippen molar-refractivity contribution in [1.82, 2.24) is 14.9 Å². The second-order valence-electron chi connectivity index (χ2n) is 5.22. The third-order valence-electron chi connectivity index (χ3n) is 3.61. The van der Waals surface area contributed by atoms with Crippen molar-refractivity contribution in [3.63, 3.8) is 0 Å². The molecule has 0 bridgehead atoms. The van der Waals surface area contributed by atoms with Gasteiger partial charge >= 0.3 is 0 Å². The molecular formula is C18H16FN3O. The lowest BCUT2D eigenvalue weighted by molar-refractivity contribution is 0.0940. The molecule has 0 saturated carbocycles. The van der Waals surface area contributed by atoms with Gasteiger partial charge in [0.2, 0.25) is 0 Å². The standard InChI is InChI=1S/C18H16FN3O/c1-22-11-10-20-17(22)16(13-6-3-2-4-7-13)21-18(23)14-8-5-9-15(19)12-14/h2-12,16H,1H3,(H,21,23). The fraction of sp³-hybridized carbons (Fsp3) is 0.111. The summed E-state index contributed by atoms with van der Waals surface area (Å²) in [7, 11) is 1.87. The molecule has 1 N–H and O–H groups in total. The van der Waals surface area contributed by atoms with Crippen LogP contribution in [0.4, 0.5) is 4.39 Å². The van der Waals surface area contributed by atoms with E-state index < -0.39 is 11.9 Å². The molecule has 0 radical (unpaired) electrons. The first-order chi connectivity index (χ1) is 11.1. The van der Waals surface area contributed by atoms with Gasteiger partial charge in [0.05, 0.1) is 0 Å². The highest BCUT2D eigenvalue weighted by molar-refractivity contribution is 5.94. The molecule has 0 spiro atoms. The Morgan fingerprint density at radius 3 is 2.61 bits per heavy atom. The summed E-state index contributed by atoms with van der Waals surface area (Å²) in [5, 5.41) is 2.93. The van der Waals surface area contributed by atoms with Crippen LogP contribution in [-0.2, 0) is 7.05 Å². The lowest BCUT2D eigenvalue weighted by atomic mass is 10.1. The minimum absolute atomic E-state index is 0.278. The van der Waals surface area contributed by atoms with Crippen LogP contribution >= 0.6 is 0 Å². The van der Waals surface area contributed by atoms with Crippen molar-refractivity contribution in [3.05, 3.63) is 89.8 Å². The second kappa shape index (κ2) is 6.44. The van der Waals surface area contributed by atoms with E-state index in [4.69, 9.17) is 0 Å². The van der Waals surface area contributed by atoms with Gasteiger partial charge in [-0.25, -0.2) is 9.37 Å². The summed E-state index contributed by atoms with van der Waals surface area (Å²) in [5.41, 5.74) is 1.19. The molecule has 2 aromatic carbocycles. The Kier molecular flexibility index (Phi) is 4.19. The van der Waals surface area contributed by atoms with Crippen molar-refractivity contribution in [2.75, 3.05) is 0 Å². The molecule has 1 unspecified atom stereocenters. The maximum Gasteiger partial charge on any atom is 0.252 e. The first-order valence-corrected chi connectivity index (χ1v) is 7.24. The van der Waals surface area contributed by atoms with Crippen molar-refractivity contribution in [2.24, 2.45) is 7.05 Å². The van der Waals surface area contributed by atoms with Crippen LogP contribution in [-0.4, -0.2) is 15.5 Å². The Morgan fingerprint density at radius 1 is 1.17 bits per heavy atom. The van der Waals surface area contributed by atoms with Crippen LogP contribution in [0.2, 0.25) is 0 Å². The number of nitrogens with one attached hydrogen (secondary N) is 1. The smallest absolute Gasteiger partial charge is 0.252 e. The van der Waals surface area contributed by atoms with Crippen LogP contribution in [0.15, 0.2) is 67.0 Å². The first kappa shape index (κ1) is 15.0. The Morgan fingerprint density at radius 2 is 1.96 bits per heavy atom. The van der Waals surface area contributed by atoms with Crippen molar-refractivity contribution in [2.45, 2.75) is 6.04 Å². The summed E-state index contributed by atoms with van der Waals surface area (Å²) in [6, 6.07) is 14.8. The molecule has 23 heavy (non-hydrogen) atoms. The van der Waals surface area contributed by atoms with E-state index in [0.717, 1.165) is 5.56 Å². The minimum atomic E-state index is -0.439. The number of hydrogen-bond donors (Lipinski definition) is 1. The largest absolute Gasteiger partial charge is 0.338 e. The zero-order valence-electron chi connectivity index (χ0n) is 12.6. The molecule has 0 fully saturated rings. The van der Waals surface area contributed by atoms with Crippen LogP contribution in [0.3, 0.4) is 0 Å². The van der Waals surface area contributed by atoms with Crippen LogP contribution in [0.1, 0.15) is 27.8 Å². The van der Waals surface area contributed by atoms with Crippen LogP contribution in [0.5, 0.6) is 0 Å². The summed E-state index contributed by atoms with van der Waals surface area (Å²) in [6.07, 6.45) is 3.50. The van der Waals surface area contributed by atoms with Gasteiger partial charge in [-0.05, 0) is 23.8 Å². The molecule has 0 saturated heterocycles. The molecule has 116 valence electrons. The SMILES string of the molecule is Cn1ccnc1C(NC(=O)c1cccc(F)c1)c1ccccc1. The molecule has 5 heteroatoms. The predicted octanol–water partition coefficient (Wildman–Crippen LogP) is 3.08. The quantitative estimate of drug-likeness (QED) is 0.805. The average molecular weight is 309 g/mol. The first-order valence-electron chi connectivity index (χ1n) is 7.24. The Hall–Kier alpha value is -2.95. The number of nitrogens with zero attached hydrogens (tertiary/aromatic N) is 2. The van der Waals surface area contributed by atoms with E-state index in [1.54, 1.807) is 12.3 Å². The Labute approximate surface area is 133 Å². The third kappa shape index (κ3) is 3.29. The predicted molar refractivity (Wildman–Crippen MR) is 85.4 cm³/mol. The number of carbonyl (C=O) groups is 1. The van der Waals surface area contributed by atoms with Gasteiger partial charge in [0.15, 0.2) is 0 Å². The molecule has 0 aliphatic rings. The summed E-state index contributed by atoms with van der Waals surface area (Å²) >= 11 is 0. The van der Waals surface area contributed by atoms with E-state index >= 15 is 0 Å². The number of aromatic nitrogens is 2. The van der Waals surface area contributed by atoms with Crippen molar-refractivity contribution < 1.29 is 9.18 Å². The molecule has 1 heterocycles. The zero-order chi connectivity index (χ0) is 16.2. The van der Waals surface area contributed by atoms with E-state index in [1.165, 1.54) is 18.2 Å². The van der Waals surface area contributed by atoms with Gasteiger partial charge in [-0.3, -0.25) is 4.79 Å². The second-order valence-corrected chi connectivity index (χ2v) is 5.22. The summed E-state index contributed by atoms with van der Waals surface area (Å²) < 4.78 is 15.2. The molecule has 0 aliphatic heterocycles. The molecule has 0 aliphatic carbocycles. The molecule has 3 rings (SSSR count). The van der Waals surface area contributed by atoms with E-state index in [0.29, 0.717) is 5.82 Å². The third-order valence-corrected chi connectivity index (χ3v) is 3.61.